The number of hydrogen-bond donors (Lipinski definition) is 0. The zero-order valence-corrected chi connectivity index (χ0v) is 15.9. The fourth-order valence-corrected chi connectivity index (χ4v) is 4.02. The maximum absolute atomic E-state index is 11.6. The molecule has 0 unspecified atom stereocenters. The second-order valence-electron chi connectivity index (χ2n) is 7.34. The summed E-state index contributed by atoms with van der Waals surface area (Å²) in [7, 11) is 0. The quantitative estimate of drug-likeness (QED) is 0.462. The Balaban J connectivity index is 1.63. The van der Waals surface area contributed by atoms with Crippen molar-refractivity contribution in [3.63, 3.8) is 0 Å². The lowest BCUT2D eigenvalue weighted by molar-refractivity contribution is -0.386. The van der Waals surface area contributed by atoms with Crippen molar-refractivity contribution in [3.8, 4) is 5.75 Å². The first-order valence-electron chi connectivity index (χ1n) is 9.53. The van der Waals surface area contributed by atoms with Gasteiger partial charge in [-0.15, -0.1) is 0 Å². The van der Waals surface area contributed by atoms with E-state index in [-0.39, 0.29) is 16.7 Å². The zero-order valence-electron chi connectivity index (χ0n) is 15.9. The summed E-state index contributed by atoms with van der Waals surface area (Å²) in [6, 6.07) is 22.8. The summed E-state index contributed by atoms with van der Waals surface area (Å²) in [6.07, 6.45) is 0.0695. The molecule has 3 aromatic carbocycles. The molecular formula is C23H19N3O3. The van der Waals surface area contributed by atoms with Crippen LogP contribution in [-0.4, -0.2) is 15.6 Å². The van der Waals surface area contributed by atoms with Crippen molar-refractivity contribution in [2.75, 3.05) is 0 Å². The fraction of sp³-hybridized carbons (Fsp3) is 0.174. The monoisotopic (exact) mass is 385 g/mol. The third-order valence-corrected chi connectivity index (χ3v) is 5.48. The Hall–Kier alpha value is -3.67. The second-order valence-corrected chi connectivity index (χ2v) is 7.34. The SMILES string of the molecule is Cc1ccc(C2=NN3[C@H](C2)c2ccccc2O[C@H]3c2ccccc2[N+](=O)[O-])cc1. The van der Waals surface area contributed by atoms with Crippen molar-refractivity contribution in [3.05, 3.63) is 105 Å². The smallest absolute Gasteiger partial charge is 0.278 e. The number of rotatable bonds is 3. The summed E-state index contributed by atoms with van der Waals surface area (Å²) in [5.74, 6) is 0.747. The van der Waals surface area contributed by atoms with E-state index in [1.165, 1.54) is 11.6 Å². The molecular weight excluding hydrogens is 366 g/mol. The van der Waals surface area contributed by atoms with Crippen LogP contribution in [0.25, 0.3) is 0 Å². The van der Waals surface area contributed by atoms with Crippen molar-refractivity contribution in [2.45, 2.75) is 25.6 Å². The van der Waals surface area contributed by atoms with E-state index in [9.17, 15) is 10.1 Å². The molecule has 0 fully saturated rings. The van der Waals surface area contributed by atoms with E-state index in [1.54, 1.807) is 18.2 Å². The Kier molecular flexibility index (Phi) is 4.05. The second kappa shape index (κ2) is 6.74. The summed E-state index contributed by atoms with van der Waals surface area (Å²) >= 11 is 0. The van der Waals surface area contributed by atoms with Crippen molar-refractivity contribution < 1.29 is 9.66 Å². The first kappa shape index (κ1) is 17.4. The summed E-state index contributed by atoms with van der Waals surface area (Å²) in [4.78, 5) is 11.2. The summed E-state index contributed by atoms with van der Waals surface area (Å²) in [5.41, 5.74) is 4.80. The topological polar surface area (TPSA) is 68.0 Å². The molecule has 29 heavy (non-hydrogen) atoms. The molecule has 0 spiro atoms. The largest absolute Gasteiger partial charge is 0.464 e. The molecule has 6 nitrogen and oxygen atoms in total. The van der Waals surface area contributed by atoms with Crippen LogP contribution < -0.4 is 4.74 Å². The highest BCUT2D eigenvalue weighted by Gasteiger charge is 2.42. The van der Waals surface area contributed by atoms with Gasteiger partial charge in [0.15, 0.2) is 0 Å². The van der Waals surface area contributed by atoms with E-state index >= 15 is 0 Å². The number of benzene rings is 3. The molecule has 0 N–H and O–H groups in total. The van der Waals surface area contributed by atoms with Gasteiger partial charge in [0.05, 0.1) is 22.2 Å². The number of nitro groups is 1. The first-order chi connectivity index (χ1) is 14.1. The van der Waals surface area contributed by atoms with Crippen LogP contribution in [0.1, 0.15) is 40.9 Å². The van der Waals surface area contributed by atoms with Gasteiger partial charge in [0.2, 0.25) is 6.23 Å². The lowest BCUT2D eigenvalue weighted by Gasteiger charge is -2.37. The zero-order chi connectivity index (χ0) is 20.0. The molecule has 0 saturated carbocycles. The third kappa shape index (κ3) is 2.93. The van der Waals surface area contributed by atoms with Crippen LogP contribution >= 0.6 is 0 Å². The minimum absolute atomic E-state index is 0.0268. The Morgan fingerprint density at radius 2 is 1.69 bits per heavy atom. The molecule has 144 valence electrons. The Morgan fingerprint density at radius 1 is 1.00 bits per heavy atom. The molecule has 5 rings (SSSR count). The van der Waals surface area contributed by atoms with E-state index in [2.05, 4.69) is 31.2 Å². The predicted molar refractivity (Wildman–Crippen MR) is 110 cm³/mol. The number of para-hydroxylation sites is 2. The highest BCUT2D eigenvalue weighted by molar-refractivity contribution is 6.02. The van der Waals surface area contributed by atoms with E-state index in [0.29, 0.717) is 5.56 Å². The number of nitro benzene ring substituents is 1. The predicted octanol–water partition coefficient (Wildman–Crippen LogP) is 5.15. The van der Waals surface area contributed by atoms with Gasteiger partial charge in [-0.2, -0.15) is 5.10 Å². The van der Waals surface area contributed by atoms with Gasteiger partial charge in [0, 0.05) is 18.1 Å². The minimum Gasteiger partial charge on any atom is -0.464 e. The molecule has 2 heterocycles. The molecule has 0 aromatic heterocycles. The van der Waals surface area contributed by atoms with E-state index in [1.807, 2.05) is 29.3 Å². The maximum Gasteiger partial charge on any atom is 0.278 e. The van der Waals surface area contributed by atoms with Gasteiger partial charge >= 0.3 is 0 Å². The molecule has 0 bridgehead atoms. The molecule has 0 amide bonds. The van der Waals surface area contributed by atoms with E-state index < -0.39 is 6.23 Å². The van der Waals surface area contributed by atoms with Crippen molar-refractivity contribution >= 4 is 11.4 Å². The van der Waals surface area contributed by atoms with Crippen LogP contribution in [-0.2, 0) is 0 Å². The summed E-state index contributed by atoms with van der Waals surface area (Å²) in [5, 5.41) is 18.4. The lowest BCUT2D eigenvalue weighted by Crippen LogP contribution is -2.34. The average Bonchev–Trinajstić information content (AvgIpc) is 3.19. The van der Waals surface area contributed by atoms with E-state index in [4.69, 9.17) is 9.84 Å². The van der Waals surface area contributed by atoms with Gasteiger partial charge in [0.25, 0.3) is 5.69 Å². The molecule has 2 aliphatic heterocycles. The van der Waals surface area contributed by atoms with Crippen LogP contribution in [0.3, 0.4) is 0 Å². The normalized spacial score (nSPS) is 19.8. The highest BCUT2D eigenvalue weighted by Crippen LogP contribution is 2.48. The van der Waals surface area contributed by atoms with Gasteiger partial charge in [-0.05, 0) is 24.6 Å². The number of hydrogen-bond acceptors (Lipinski definition) is 5. The maximum atomic E-state index is 11.6. The number of hydrazone groups is 1. The number of ether oxygens (including phenoxy) is 1. The molecule has 0 saturated heterocycles. The molecule has 3 aromatic rings. The molecule has 2 aliphatic rings. The Bertz CT molecular complexity index is 1120. The fourth-order valence-electron chi connectivity index (χ4n) is 4.02. The first-order valence-corrected chi connectivity index (χ1v) is 9.53. The number of fused-ring (bicyclic) bond motifs is 3. The Labute approximate surface area is 168 Å². The van der Waals surface area contributed by atoms with Crippen LogP contribution in [0.2, 0.25) is 0 Å². The van der Waals surface area contributed by atoms with Crippen LogP contribution in [0.15, 0.2) is 77.9 Å². The van der Waals surface area contributed by atoms with Crippen LogP contribution in [0, 0.1) is 17.0 Å². The lowest BCUT2D eigenvalue weighted by atomic mass is 9.95. The van der Waals surface area contributed by atoms with Gasteiger partial charge in [-0.1, -0.05) is 60.2 Å². The van der Waals surface area contributed by atoms with Crippen molar-refractivity contribution in [1.82, 2.24) is 5.01 Å². The molecule has 6 heteroatoms. The van der Waals surface area contributed by atoms with Crippen molar-refractivity contribution in [2.24, 2.45) is 5.10 Å². The highest BCUT2D eigenvalue weighted by atomic mass is 16.6. The van der Waals surface area contributed by atoms with Crippen LogP contribution in [0.4, 0.5) is 5.69 Å². The summed E-state index contributed by atoms with van der Waals surface area (Å²) < 4.78 is 6.24. The number of nitrogens with zero attached hydrogens (tertiary/aromatic N) is 3. The van der Waals surface area contributed by atoms with Crippen LogP contribution in [0.5, 0.6) is 5.75 Å². The van der Waals surface area contributed by atoms with Gasteiger partial charge < -0.3 is 4.74 Å². The molecule has 0 radical (unpaired) electrons. The van der Waals surface area contributed by atoms with Crippen molar-refractivity contribution in [1.29, 1.82) is 0 Å². The van der Waals surface area contributed by atoms with Gasteiger partial charge in [-0.25, -0.2) is 5.01 Å². The third-order valence-electron chi connectivity index (χ3n) is 5.48. The number of aryl methyl sites for hydroxylation is 1. The van der Waals surface area contributed by atoms with Gasteiger partial charge in [-0.3, -0.25) is 10.1 Å². The standard InChI is InChI=1S/C23H19N3O3/c1-15-10-12-16(13-11-15)19-14-21-17-6-3-5-9-22(17)29-23(25(21)24-19)18-7-2-4-8-20(18)26(27)28/h2-13,21,23H,14H2,1H3/t21-,23+/m1/s1. The van der Waals surface area contributed by atoms with Gasteiger partial charge in [0.1, 0.15) is 5.75 Å². The minimum atomic E-state index is -0.653. The van der Waals surface area contributed by atoms with E-state index in [0.717, 1.165) is 29.0 Å². The average molecular weight is 385 g/mol. The summed E-state index contributed by atoms with van der Waals surface area (Å²) in [6.45, 7) is 2.05. The Morgan fingerprint density at radius 3 is 2.45 bits per heavy atom. The molecule has 0 aliphatic carbocycles. The molecule has 2 atom stereocenters.